The number of aryl methyl sites for hydroxylation is 1. The SMILES string of the molecule is CCCNC(CC)c1ccc(-c2ccnn2CCC)cc1. The third-order valence-corrected chi connectivity index (χ3v) is 3.81. The zero-order chi connectivity index (χ0) is 15.1. The summed E-state index contributed by atoms with van der Waals surface area (Å²) in [6.07, 6.45) is 5.28. The molecule has 0 aliphatic carbocycles. The van der Waals surface area contributed by atoms with Crippen LogP contribution >= 0.6 is 0 Å². The highest BCUT2D eigenvalue weighted by Crippen LogP contribution is 2.23. The summed E-state index contributed by atoms with van der Waals surface area (Å²) in [5.74, 6) is 0. The van der Waals surface area contributed by atoms with E-state index in [0.29, 0.717) is 6.04 Å². The Morgan fingerprint density at radius 1 is 1.05 bits per heavy atom. The van der Waals surface area contributed by atoms with Crippen LogP contribution in [0.5, 0.6) is 0 Å². The van der Waals surface area contributed by atoms with Crippen molar-refractivity contribution in [1.82, 2.24) is 15.1 Å². The van der Waals surface area contributed by atoms with Crippen molar-refractivity contribution in [3.8, 4) is 11.3 Å². The molecule has 0 spiro atoms. The molecule has 3 nitrogen and oxygen atoms in total. The van der Waals surface area contributed by atoms with Crippen molar-refractivity contribution in [2.75, 3.05) is 6.54 Å². The van der Waals surface area contributed by atoms with Gasteiger partial charge in [-0.2, -0.15) is 5.10 Å². The minimum atomic E-state index is 0.458. The summed E-state index contributed by atoms with van der Waals surface area (Å²) < 4.78 is 2.08. The molecule has 0 bridgehead atoms. The molecule has 3 heteroatoms. The highest BCUT2D eigenvalue weighted by atomic mass is 15.3. The van der Waals surface area contributed by atoms with Crippen LogP contribution in [0.4, 0.5) is 0 Å². The van der Waals surface area contributed by atoms with Gasteiger partial charge in [0.25, 0.3) is 0 Å². The molecule has 0 radical (unpaired) electrons. The molecular weight excluding hydrogens is 258 g/mol. The van der Waals surface area contributed by atoms with Gasteiger partial charge in [0.2, 0.25) is 0 Å². The normalized spacial score (nSPS) is 12.5. The van der Waals surface area contributed by atoms with Gasteiger partial charge < -0.3 is 5.32 Å². The Hall–Kier alpha value is -1.61. The van der Waals surface area contributed by atoms with Gasteiger partial charge in [-0.25, -0.2) is 0 Å². The second-order valence-corrected chi connectivity index (χ2v) is 5.48. The van der Waals surface area contributed by atoms with E-state index in [0.717, 1.165) is 25.9 Å². The summed E-state index contributed by atoms with van der Waals surface area (Å²) in [6.45, 7) is 8.67. The van der Waals surface area contributed by atoms with Crippen LogP contribution in [0.2, 0.25) is 0 Å². The molecule has 0 fully saturated rings. The van der Waals surface area contributed by atoms with Gasteiger partial charge in [0.15, 0.2) is 0 Å². The molecular formula is C18H27N3. The van der Waals surface area contributed by atoms with Gasteiger partial charge in [0.05, 0.1) is 5.69 Å². The Balaban J connectivity index is 2.16. The fraction of sp³-hybridized carbons (Fsp3) is 0.500. The molecule has 1 aromatic heterocycles. The maximum Gasteiger partial charge on any atom is 0.0682 e. The van der Waals surface area contributed by atoms with Crippen LogP contribution in [0.3, 0.4) is 0 Å². The van der Waals surface area contributed by atoms with E-state index in [9.17, 15) is 0 Å². The Labute approximate surface area is 128 Å². The fourth-order valence-corrected chi connectivity index (χ4v) is 2.67. The first-order valence-corrected chi connectivity index (χ1v) is 8.15. The van der Waals surface area contributed by atoms with Crippen molar-refractivity contribution in [1.29, 1.82) is 0 Å². The topological polar surface area (TPSA) is 29.9 Å². The molecule has 1 heterocycles. The summed E-state index contributed by atoms with van der Waals surface area (Å²) in [7, 11) is 0. The van der Waals surface area contributed by atoms with Gasteiger partial charge in [-0.3, -0.25) is 4.68 Å². The van der Waals surface area contributed by atoms with Crippen molar-refractivity contribution >= 4 is 0 Å². The first-order chi connectivity index (χ1) is 10.3. The molecule has 0 saturated carbocycles. The maximum absolute atomic E-state index is 4.40. The largest absolute Gasteiger partial charge is 0.310 e. The van der Waals surface area contributed by atoms with E-state index in [2.05, 4.69) is 66.2 Å². The van der Waals surface area contributed by atoms with Crippen LogP contribution in [0, 0.1) is 0 Å². The molecule has 1 N–H and O–H groups in total. The molecule has 2 aromatic rings. The minimum absolute atomic E-state index is 0.458. The van der Waals surface area contributed by atoms with Gasteiger partial charge in [0, 0.05) is 18.8 Å². The third-order valence-electron chi connectivity index (χ3n) is 3.81. The lowest BCUT2D eigenvalue weighted by Crippen LogP contribution is -2.21. The van der Waals surface area contributed by atoms with Crippen molar-refractivity contribution in [3.63, 3.8) is 0 Å². The quantitative estimate of drug-likeness (QED) is 0.778. The van der Waals surface area contributed by atoms with Crippen molar-refractivity contribution in [2.45, 2.75) is 52.6 Å². The summed E-state index contributed by atoms with van der Waals surface area (Å²) in [4.78, 5) is 0. The molecule has 21 heavy (non-hydrogen) atoms. The highest BCUT2D eigenvalue weighted by molar-refractivity contribution is 5.59. The van der Waals surface area contributed by atoms with Gasteiger partial charge in [-0.15, -0.1) is 0 Å². The van der Waals surface area contributed by atoms with Crippen molar-refractivity contribution in [2.24, 2.45) is 0 Å². The summed E-state index contributed by atoms with van der Waals surface area (Å²) in [6, 6.07) is 11.5. The Kier molecular flexibility index (Phi) is 6.00. The van der Waals surface area contributed by atoms with Crippen LogP contribution in [0.1, 0.15) is 51.6 Å². The predicted molar refractivity (Wildman–Crippen MR) is 89.3 cm³/mol. The van der Waals surface area contributed by atoms with E-state index < -0.39 is 0 Å². The second kappa shape index (κ2) is 7.99. The number of aromatic nitrogens is 2. The average Bonchev–Trinajstić information content (AvgIpc) is 2.97. The first kappa shape index (κ1) is 15.8. The van der Waals surface area contributed by atoms with E-state index in [-0.39, 0.29) is 0 Å². The highest BCUT2D eigenvalue weighted by Gasteiger charge is 2.09. The smallest absolute Gasteiger partial charge is 0.0682 e. The van der Waals surface area contributed by atoms with E-state index in [4.69, 9.17) is 0 Å². The predicted octanol–water partition coefficient (Wildman–Crippen LogP) is 4.41. The fourth-order valence-electron chi connectivity index (χ4n) is 2.67. The number of hydrogen-bond donors (Lipinski definition) is 1. The van der Waals surface area contributed by atoms with E-state index in [1.807, 2.05) is 6.20 Å². The van der Waals surface area contributed by atoms with E-state index >= 15 is 0 Å². The lowest BCUT2D eigenvalue weighted by atomic mass is 10.0. The number of rotatable bonds is 8. The standard InChI is InChI=1S/C18H27N3/c1-4-12-19-17(6-3)15-7-9-16(10-8-15)18-11-13-20-21(18)14-5-2/h7-11,13,17,19H,4-6,12,14H2,1-3H3. The number of hydrogen-bond acceptors (Lipinski definition) is 2. The Bertz CT molecular complexity index is 528. The van der Waals surface area contributed by atoms with Gasteiger partial charge in [-0.05, 0) is 43.0 Å². The molecule has 0 saturated heterocycles. The van der Waals surface area contributed by atoms with Crippen molar-refractivity contribution < 1.29 is 0 Å². The van der Waals surface area contributed by atoms with Crippen molar-refractivity contribution in [3.05, 3.63) is 42.1 Å². The second-order valence-electron chi connectivity index (χ2n) is 5.48. The first-order valence-electron chi connectivity index (χ1n) is 8.15. The Morgan fingerprint density at radius 2 is 1.81 bits per heavy atom. The molecule has 0 aliphatic rings. The average molecular weight is 285 g/mol. The van der Waals surface area contributed by atoms with Crippen LogP contribution in [-0.4, -0.2) is 16.3 Å². The third kappa shape index (κ3) is 3.94. The summed E-state index contributed by atoms with van der Waals surface area (Å²) in [5, 5.41) is 8.00. The summed E-state index contributed by atoms with van der Waals surface area (Å²) in [5.41, 5.74) is 3.82. The van der Waals surface area contributed by atoms with E-state index in [1.54, 1.807) is 0 Å². The molecule has 1 atom stereocenters. The van der Waals surface area contributed by atoms with Crippen LogP contribution < -0.4 is 5.32 Å². The number of nitrogens with one attached hydrogen (secondary N) is 1. The molecule has 0 aliphatic heterocycles. The molecule has 1 aromatic carbocycles. The lowest BCUT2D eigenvalue weighted by molar-refractivity contribution is 0.518. The molecule has 114 valence electrons. The van der Waals surface area contributed by atoms with Gasteiger partial charge in [-0.1, -0.05) is 45.0 Å². The lowest BCUT2D eigenvalue weighted by Gasteiger charge is -2.17. The zero-order valence-electron chi connectivity index (χ0n) is 13.5. The van der Waals surface area contributed by atoms with Crippen LogP contribution in [-0.2, 0) is 6.54 Å². The molecule has 1 unspecified atom stereocenters. The van der Waals surface area contributed by atoms with Crippen LogP contribution in [0.15, 0.2) is 36.5 Å². The van der Waals surface area contributed by atoms with Gasteiger partial charge >= 0.3 is 0 Å². The Morgan fingerprint density at radius 3 is 2.43 bits per heavy atom. The summed E-state index contributed by atoms with van der Waals surface area (Å²) >= 11 is 0. The van der Waals surface area contributed by atoms with E-state index in [1.165, 1.54) is 23.2 Å². The monoisotopic (exact) mass is 285 g/mol. The number of benzene rings is 1. The number of nitrogens with zero attached hydrogens (tertiary/aromatic N) is 2. The van der Waals surface area contributed by atoms with Gasteiger partial charge in [0.1, 0.15) is 0 Å². The molecule has 2 rings (SSSR count). The minimum Gasteiger partial charge on any atom is -0.310 e. The molecule has 0 amide bonds. The van der Waals surface area contributed by atoms with Crippen LogP contribution in [0.25, 0.3) is 11.3 Å². The maximum atomic E-state index is 4.40. The zero-order valence-corrected chi connectivity index (χ0v) is 13.5.